The van der Waals surface area contributed by atoms with Crippen molar-refractivity contribution in [1.29, 1.82) is 0 Å². The Morgan fingerprint density at radius 3 is 1.52 bits per heavy atom. The van der Waals surface area contributed by atoms with Gasteiger partial charge in [0.05, 0.1) is 19.4 Å². The lowest BCUT2D eigenvalue weighted by Gasteiger charge is -2.39. The molecule has 25 heavy (non-hydrogen) atoms. The monoisotopic (exact) mass is 401 g/mol. The maximum atomic E-state index is 9.84. The molecule has 0 amide bonds. The van der Waals surface area contributed by atoms with Gasteiger partial charge in [0, 0.05) is 26.2 Å². The van der Waals surface area contributed by atoms with E-state index in [4.69, 9.17) is 4.55 Å². The summed E-state index contributed by atoms with van der Waals surface area (Å²) in [5, 5.41) is 0. The van der Waals surface area contributed by atoms with Crippen LogP contribution < -0.4 is 0 Å². The number of nitrogens with zero attached hydrogens (tertiary/aromatic N) is 2. The molecule has 0 spiro atoms. The van der Waals surface area contributed by atoms with Crippen LogP contribution in [0.3, 0.4) is 0 Å². The molecule has 0 aliphatic rings. The van der Waals surface area contributed by atoms with Crippen LogP contribution in [0, 0.1) is 0 Å². The molecule has 0 saturated heterocycles. The van der Waals surface area contributed by atoms with E-state index in [0.717, 1.165) is 6.42 Å². The Morgan fingerprint density at radius 2 is 1.24 bits per heavy atom. The minimum absolute atomic E-state index is 0.0648. The molecular formula is C17H42N2O4PS+. The second-order valence-electron chi connectivity index (χ2n) is 6.05. The SMILES string of the molecule is CCCCOS(=O)(=O)O.CCCC[P+](C)(N(CC)CC)N(CC)CC. The van der Waals surface area contributed by atoms with E-state index in [-0.39, 0.29) is 6.61 Å². The van der Waals surface area contributed by atoms with Crippen molar-refractivity contribution >= 4 is 18.0 Å². The maximum absolute atomic E-state index is 9.84. The molecule has 1 N–H and O–H groups in total. The van der Waals surface area contributed by atoms with Crippen LogP contribution in [-0.4, -0.2) is 67.9 Å². The summed E-state index contributed by atoms with van der Waals surface area (Å²) in [5.41, 5.74) is 0. The van der Waals surface area contributed by atoms with E-state index in [2.05, 4.69) is 54.8 Å². The van der Waals surface area contributed by atoms with Crippen LogP contribution in [0.1, 0.15) is 67.2 Å². The molecule has 0 fully saturated rings. The molecule has 0 heterocycles. The van der Waals surface area contributed by atoms with E-state index >= 15 is 0 Å². The second kappa shape index (κ2) is 15.3. The average Bonchev–Trinajstić information content (AvgIpc) is 2.55. The largest absolute Gasteiger partial charge is 0.397 e. The zero-order chi connectivity index (χ0) is 19.9. The number of unbranched alkanes of at least 4 members (excludes halogenated alkanes) is 2. The number of rotatable bonds is 13. The quantitative estimate of drug-likeness (QED) is 0.277. The molecule has 0 radical (unpaired) electrons. The third kappa shape index (κ3) is 12.3. The first kappa shape index (κ1) is 27.4. The third-order valence-corrected chi connectivity index (χ3v) is 9.54. The fourth-order valence-electron chi connectivity index (χ4n) is 2.89. The molecule has 0 unspecified atom stereocenters. The molecule has 0 aromatic carbocycles. The molecule has 0 aliphatic carbocycles. The van der Waals surface area contributed by atoms with Gasteiger partial charge in [-0.25, -0.2) is 4.18 Å². The Hall–Kier alpha value is 0.220. The van der Waals surface area contributed by atoms with Gasteiger partial charge < -0.3 is 0 Å². The normalized spacial score (nSPS) is 12.4. The van der Waals surface area contributed by atoms with Crippen LogP contribution in [0.25, 0.3) is 0 Å². The fourth-order valence-corrected chi connectivity index (χ4v) is 7.50. The topological polar surface area (TPSA) is 70.1 Å². The van der Waals surface area contributed by atoms with Crippen molar-refractivity contribution in [2.75, 3.05) is 45.6 Å². The highest BCUT2D eigenvalue weighted by atomic mass is 32.3. The van der Waals surface area contributed by atoms with E-state index in [9.17, 15) is 8.42 Å². The molecule has 0 aromatic heterocycles. The minimum atomic E-state index is -4.20. The third-order valence-electron chi connectivity index (χ3n) is 4.34. The molecule has 0 bridgehead atoms. The lowest BCUT2D eigenvalue weighted by molar-refractivity contribution is 0.264. The summed E-state index contributed by atoms with van der Waals surface area (Å²) < 4.78 is 37.1. The number of hydrogen-bond donors (Lipinski definition) is 1. The van der Waals surface area contributed by atoms with Gasteiger partial charge in [-0.2, -0.15) is 17.8 Å². The summed E-state index contributed by atoms with van der Waals surface area (Å²) in [6, 6.07) is 0. The molecule has 0 saturated carbocycles. The number of hydrogen-bond acceptors (Lipinski definition) is 5. The van der Waals surface area contributed by atoms with Gasteiger partial charge in [0.1, 0.15) is 7.56 Å². The van der Waals surface area contributed by atoms with Crippen molar-refractivity contribution in [3.8, 4) is 0 Å². The summed E-state index contributed by atoms with van der Waals surface area (Å²) in [5.74, 6) is 0. The Kier molecular flexibility index (Phi) is 16.8. The molecular weight excluding hydrogens is 359 g/mol. The van der Waals surface area contributed by atoms with Gasteiger partial charge in [-0.15, -0.1) is 0 Å². The highest BCUT2D eigenvalue weighted by molar-refractivity contribution is 7.80. The van der Waals surface area contributed by atoms with Crippen LogP contribution in [-0.2, 0) is 14.6 Å². The smallest absolute Gasteiger partial charge is 0.264 e. The van der Waals surface area contributed by atoms with E-state index in [1.54, 1.807) is 0 Å². The molecule has 6 nitrogen and oxygen atoms in total. The van der Waals surface area contributed by atoms with E-state index < -0.39 is 18.0 Å². The predicted molar refractivity (Wildman–Crippen MR) is 111 cm³/mol. The Balaban J connectivity index is 0. The van der Waals surface area contributed by atoms with Crippen LogP contribution in [0.2, 0.25) is 0 Å². The van der Waals surface area contributed by atoms with Crippen molar-refractivity contribution in [3.05, 3.63) is 0 Å². The molecule has 0 rings (SSSR count). The minimum Gasteiger partial charge on any atom is -0.264 e. The summed E-state index contributed by atoms with van der Waals surface area (Å²) in [6.45, 7) is 20.8. The first-order chi connectivity index (χ1) is 11.7. The lowest BCUT2D eigenvalue weighted by atomic mass is 10.4. The van der Waals surface area contributed by atoms with Crippen molar-refractivity contribution < 1.29 is 17.2 Å². The fraction of sp³-hybridized carbons (Fsp3) is 1.00. The zero-order valence-corrected chi connectivity index (χ0v) is 19.2. The van der Waals surface area contributed by atoms with Gasteiger partial charge >= 0.3 is 10.4 Å². The van der Waals surface area contributed by atoms with Crippen molar-refractivity contribution in [2.24, 2.45) is 0 Å². The van der Waals surface area contributed by atoms with E-state index in [1.165, 1.54) is 45.2 Å². The molecule has 154 valence electrons. The van der Waals surface area contributed by atoms with Gasteiger partial charge in [-0.3, -0.25) is 4.55 Å². The standard InChI is InChI=1S/C13H32N2P.C4H10O4S/c1-7-12-13-16(6,14(8-2)9-3)15(10-4)11-5;1-2-3-4-8-9(5,6)7/h7-13H2,1-6H3;2-4H2,1H3,(H,5,6,7)/q+1;. The van der Waals surface area contributed by atoms with Crippen molar-refractivity contribution in [3.63, 3.8) is 0 Å². The molecule has 0 aliphatic heterocycles. The van der Waals surface area contributed by atoms with Crippen molar-refractivity contribution in [1.82, 2.24) is 9.34 Å². The Bertz CT molecular complexity index is 387. The maximum Gasteiger partial charge on any atom is 0.397 e. The summed E-state index contributed by atoms with van der Waals surface area (Å²) in [7, 11) is -5.24. The van der Waals surface area contributed by atoms with Crippen LogP contribution >= 0.6 is 7.56 Å². The van der Waals surface area contributed by atoms with Crippen LogP contribution in [0.15, 0.2) is 0 Å². The Morgan fingerprint density at radius 1 is 0.840 bits per heavy atom. The summed E-state index contributed by atoms with van der Waals surface area (Å²) in [4.78, 5) is 0. The molecule has 0 aromatic rings. The van der Waals surface area contributed by atoms with E-state index in [1.807, 2.05) is 6.92 Å². The molecule has 0 atom stereocenters. The average molecular weight is 402 g/mol. The second-order valence-corrected chi connectivity index (χ2v) is 10.9. The van der Waals surface area contributed by atoms with Gasteiger partial charge in [-0.05, 0) is 40.5 Å². The molecule has 8 heteroatoms. The van der Waals surface area contributed by atoms with Crippen LogP contribution in [0.5, 0.6) is 0 Å². The zero-order valence-electron chi connectivity index (χ0n) is 17.5. The highest BCUT2D eigenvalue weighted by Gasteiger charge is 2.42. The summed E-state index contributed by atoms with van der Waals surface area (Å²) in [6.07, 6.45) is 5.57. The lowest BCUT2D eigenvalue weighted by Crippen LogP contribution is -2.37. The van der Waals surface area contributed by atoms with Gasteiger partial charge in [-0.1, -0.05) is 26.7 Å². The first-order valence-corrected chi connectivity index (χ1v) is 13.3. The highest BCUT2D eigenvalue weighted by Crippen LogP contribution is 2.61. The summed E-state index contributed by atoms with van der Waals surface area (Å²) >= 11 is 0. The Labute approximate surface area is 157 Å². The van der Waals surface area contributed by atoms with Gasteiger partial charge in [0.2, 0.25) is 0 Å². The van der Waals surface area contributed by atoms with E-state index in [0.29, 0.717) is 6.42 Å². The predicted octanol–water partition coefficient (Wildman–Crippen LogP) is 4.55. The van der Waals surface area contributed by atoms with Gasteiger partial charge in [0.15, 0.2) is 0 Å². The first-order valence-electron chi connectivity index (χ1n) is 9.64. The van der Waals surface area contributed by atoms with Crippen LogP contribution in [0.4, 0.5) is 0 Å². The van der Waals surface area contributed by atoms with Gasteiger partial charge in [0.25, 0.3) is 0 Å². The van der Waals surface area contributed by atoms with Crippen molar-refractivity contribution in [2.45, 2.75) is 67.2 Å².